The van der Waals surface area contributed by atoms with Gasteiger partial charge in [-0.1, -0.05) is 12.1 Å². The molecule has 1 aromatic carbocycles. The third kappa shape index (κ3) is 4.42. The number of hydrogen-bond acceptors (Lipinski definition) is 5. The first-order valence-corrected chi connectivity index (χ1v) is 9.63. The molecule has 26 heavy (non-hydrogen) atoms. The van der Waals surface area contributed by atoms with Crippen LogP contribution in [0, 0.1) is 6.92 Å². The average Bonchev–Trinajstić information content (AvgIpc) is 2.99. The monoisotopic (exact) mass is 382 g/mol. The summed E-state index contributed by atoms with van der Waals surface area (Å²) in [6, 6.07) is 9.45. The number of imidazole rings is 1. The zero-order valence-corrected chi connectivity index (χ0v) is 18.4. The van der Waals surface area contributed by atoms with Crippen LogP contribution in [0.1, 0.15) is 12.5 Å². The maximum absolute atomic E-state index is 12.3. The zero-order chi connectivity index (χ0) is 17.8. The van der Waals surface area contributed by atoms with Crippen molar-refractivity contribution < 1.29 is 14.0 Å². The third-order valence-corrected chi connectivity index (χ3v) is 4.72. The Balaban J connectivity index is 0.00000243. The second-order valence-corrected chi connectivity index (χ2v) is 6.68. The summed E-state index contributed by atoms with van der Waals surface area (Å²) in [7, 11) is 0. The van der Waals surface area contributed by atoms with Gasteiger partial charge in [0.2, 0.25) is 5.82 Å². The van der Waals surface area contributed by atoms with Gasteiger partial charge in [-0.15, -0.1) is 3.97 Å². The Kier molecular flexibility index (Phi) is 7.94. The van der Waals surface area contributed by atoms with Crippen LogP contribution in [0.15, 0.2) is 36.5 Å². The molecule has 3 aromatic rings. The fourth-order valence-corrected chi connectivity index (χ4v) is 3.47. The van der Waals surface area contributed by atoms with Gasteiger partial charge in [0, 0.05) is 47.9 Å². The fourth-order valence-electron chi connectivity index (χ4n) is 2.67. The molecule has 2 aromatic heterocycles. The van der Waals surface area contributed by atoms with Gasteiger partial charge in [-0.25, -0.2) is 4.98 Å². The van der Waals surface area contributed by atoms with Crippen LogP contribution in [0.5, 0.6) is 5.75 Å². The van der Waals surface area contributed by atoms with Crippen LogP contribution in [0.4, 0.5) is 0 Å². The van der Waals surface area contributed by atoms with Crippen molar-refractivity contribution in [3.8, 4) is 17.3 Å². The normalized spacial score (nSPS) is 12.0. The molecule has 0 N–H and O–H groups in total. The van der Waals surface area contributed by atoms with Crippen molar-refractivity contribution in [2.45, 2.75) is 13.8 Å². The standard InChI is InChI=1S/C18H21N3O3S.Na/c1-4-23-11-12-24-16-9-10-19-17(13(16)2)18-20-14-7-5-6-8-15(14)21(18)25(3)22;/h5-10H,4,11-12H2,1-3H3;. The summed E-state index contributed by atoms with van der Waals surface area (Å²) < 4.78 is 25.1. The molecule has 3 rings (SSSR count). The first-order valence-electron chi connectivity index (χ1n) is 8.11. The molecule has 1 unspecified atom stereocenters. The first-order chi connectivity index (χ1) is 12.1. The maximum Gasteiger partial charge on any atom is 0.206 e. The van der Waals surface area contributed by atoms with Gasteiger partial charge in [0.1, 0.15) is 29.8 Å². The molecule has 0 bridgehead atoms. The Morgan fingerprint density at radius 3 is 2.69 bits per heavy atom. The van der Waals surface area contributed by atoms with Crippen LogP contribution < -0.4 is 4.74 Å². The van der Waals surface area contributed by atoms with Crippen molar-refractivity contribution in [3.63, 3.8) is 0 Å². The Labute approximate surface area is 178 Å². The molecular weight excluding hydrogens is 361 g/mol. The Morgan fingerprint density at radius 2 is 1.96 bits per heavy atom. The van der Waals surface area contributed by atoms with Crippen molar-refractivity contribution in [2.75, 3.05) is 26.1 Å². The molecule has 133 valence electrons. The first kappa shape index (κ1) is 21.2. The van der Waals surface area contributed by atoms with Crippen LogP contribution in [-0.4, -0.2) is 74.1 Å². The number of fused-ring (bicyclic) bond motifs is 1. The largest absolute Gasteiger partial charge is 0.593 e. The molecule has 0 spiro atoms. The summed E-state index contributed by atoms with van der Waals surface area (Å²) in [4.78, 5) is 9.11. The maximum atomic E-state index is 12.3. The molecule has 0 aliphatic carbocycles. The van der Waals surface area contributed by atoms with Crippen LogP contribution in [0.25, 0.3) is 22.6 Å². The zero-order valence-electron chi connectivity index (χ0n) is 15.6. The van der Waals surface area contributed by atoms with Crippen LogP contribution in [0.2, 0.25) is 0 Å². The molecule has 1 atom stereocenters. The minimum atomic E-state index is -1.25. The Hall–Kier alpha value is -1.09. The van der Waals surface area contributed by atoms with Gasteiger partial charge < -0.3 is 14.0 Å². The van der Waals surface area contributed by atoms with E-state index in [1.54, 1.807) is 16.4 Å². The molecule has 8 heteroatoms. The molecule has 0 fully saturated rings. The van der Waals surface area contributed by atoms with E-state index in [-0.39, 0.29) is 29.6 Å². The molecular formula is C18H21N3NaO3S. The van der Waals surface area contributed by atoms with E-state index in [0.29, 0.717) is 31.3 Å². The van der Waals surface area contributed by atoms with E-state index in [1.807, 2.05) is 44.2 Å². The van der Waals surface area contributed by atoms with Gasteiger partial charge in [0.05, 0.1) is 23.5 Å². The minimum Gasteiger partial charge on any atom is -0.593 e. The topological polar surface area (TPSA) is 72.2 Å². The number of benzene rings is 1. The van der Waals surface area contributed by atoms with E-state index in [4.69, 9.17) is 9.47 Å². The molecule has 6 nitrogen and oxygen atoms in total. The molecule has 1 radical (unpaired) electrons. The number of rotatable bonds is 7. The van der Waals surface area contributed by atoms with Crippen LogP contribution >= 0.6 is 0 Å². The number of aromatic nitrogens is 3. The molecule has 0 aliphatic heterocycles. The molecule has 0 saturated heterocycles. The van der Waals surface area contributed by atoms with Crippen molar-refractivity contribution in [1.82, 2.24) is 13.9 Å². The van der Waals surface area contributed by atoms with E-state index in [1.165, 1.54) is 0 Å². The van der Waals surface area contributed by atoms with E-state index >= 15 is 0 Å². The predicted molar refractivity (Wildman–Crippen MR) is 105 cm³/mol. The summed E-state index contributed by atoms with van der Waals surface area (Å²) in [6.07, 6.45) is 3.32. The number of pyridine rings is 1. The molecule has 0 saturated carbocycles. The number of ether oxygens (including phenoxy) is 2. The number of nitrogens with zero attached hydrogens (tertiary/aromatic N) is 3. The number of para-hydroxylation sites is 2. The van der Waals surface area contributed by atoms with Crippen molar-refractivity contribution >= 4 is 52.0 Å². The predicted octanol–water partition coefficient (Wildman–Crippen LogP) is 2.58. The molecule has 0 aliphatic rings. The third-order valence-electron chi connectivity index (χ3n) is 3.83. The average molecular weight is 382 g/mol. The molecule has 2 heterocycles. The SMILES string of the molecule is CCOCCOc1ccnc(-c2nc3ccccc3n2[S+](C)[O-])c1C.[Na]. The molecule has 0 amide bonds. The van der Waals surface area contributed by atoms with Gasteiger partial charge >= 0.3 is 0 Å². The fraction of sp³-hybridized carbons (Fsp3) is 0.333. The van der Waals surface area contributed by atoms with E-state index < -0.39 is 11.4 Å². The van der Waals surface area contributed by atoms with Crippen molar-refractivity contribution in [1.29, 1.82) is 0 Å². The minimum absolute atomic E-state index is 0. The van der Waals surface area contributed by atoms with Crippen molar-refractivity contribution in [3.05, 3.63) is 42.1 Å². The van der Waals surface area contributed by atoms with Crippen molar-refractivity contribution in [2.24, 2.45) is 0 Å². The van der Waals surface area contributed by atoms with Crippen LogP contribution in [0.3, 0.4) is 0 Å². The second kappa shape index (κ2) is 9.73. The quantitative estimate of drug-likeness (QED) is 0.357. The van der Waals surface area contributed by atoms with Gasteiger partial charge in [0.15, 0.2) is 0 Å². The summed E-state index contributed by atoms with van der Waals surface area (Å²) in [5.74, 6) is 1.31. The van der Waals surface area contributed by atoms with Gasteiger partial charge in [-0.3, -0.25) is 4.98 Å². The van der Waals surface area contributed by atoms with Crippen LogP contribution in [-0.2, 0) is 16.1 Å². The van der Waals surface area contributed by atoms with Gasteiger partial charge in [0.25, 0.3) is 0 Å². The van der Waals surface area contributed by atoms with Gasteiger partial charge in [-0.2, -0.15) is 0 Å². The summed E-state index contributed by atoms with van der Waals surface area (Å²) >= 11 is -1.25. The van der Waals surface area contributed by atoms with E-state index in [9.17, 15) is 4.55 Å². The summed E-state index contributed by atoms with van der Waals surface area (Å²) in [5.41, 5.74) is 3.14. The van der Waals surface area contributed by atoms with E-state index in [2.05, 4.69) is 9.97 Å². The number of hydrogen-bond donors (Lipinski definition) is 0. The Bertz CT molecular complexity index is 870. The summed E-state index contributed by atoms with van der Waals surface area (Å²) in [6.45, 7) is 5.54. The van der Waals surface area contributed by atoms with Gasteiger partial charge in [-0.05, 0) is 32.0 Å². The Morgan fingerprint density at radius 1 is 1.19 bits per heavy atom. The second-order valence-electron chi connectivity index (χ2n) is 5.47. The summed E-state index contributed by atoms with van der Waals surface area (Å²) in [5, 5.41) is 0. The van der Waals surface area contributed by atoms with E-state index in [0.717, 1.165) is 22.3 Å². The smallest absolute Gasteiger partial charge is 0.206 e.